The Morgan fingerprint density at radius 2 is 2.02 bits per heavy atom. The third-order valence-electron chi connectivity index (χ3n) is 6.15. The molecule has 14 nitrogen and oxygen atoms in total. The first-order chi connectivity index (χ1) is 19.4. The molecule has 0 amide bonds. The molecular formula is C24H32ClFN7O7P. The maximum atomic E-state index is 15.6. The van der Waals surface area contributed by atoms with Crippen LogP contribution in [0.2, 0.25) is 0 Å². The number of nitrogen functional groups attached to an aromatic ring is 1. The number of esters is 1. The molecule has 1 fully saturated rings. The molecule has 224 valence electrons. The number of hydrogen-bond acceptors (Lipinski definition) is 12. The third kappa shape index (κ3) is 6.55. The molecule has 4 rings (SSSR count). The summed E-state index contributed by atoms with van der Waals surface area (Å²) in [7, 11) is -2.76. The minimum atomic E-state index is -4.37. The summed E-state index contributed by atoms with van der Waals surface area (Å²) in [4.78, 5) is 24.8. The van der Waals surface area contributed by atoms with Gasteiger partial charge in [-0.05, 0) is 32.9 Å². The number of carbonyl (C=O) groups is 1. The SMILES string of the molecule is CNc1nc(N)nc2c1ncn2[C@@H]1O[C@](CCl)(CO[P@](=O)(N[C@@H](C)C(=O)OC(C)C)Oc2ccccc2)[C@@H](O)[C@H]1F. The Bertz CT molecular complexity index is 1420. The van der Waals surface area contributed by atoms with Crippen molar-refractivity contribution in [3.8, 4) is 5.75 Å². The Kier molecular flexibility index (Phi) is 9.36. The zero-order valence-electron chi connectivity index (χ0n) is 22.7. The van der Waals surface area contributed by atoms with Gasteiger partial charge in [-0.2, -0.15) is 15.1 Å². The summed E-state index contributed by atoms with van der Waals surface area (Å²) < 4.78 is 53.2. The van der Waals surface area contributed by atoms with Gasteiger partial charge in [0.05, 0.1) is 24.9 Å². The minimum absolute atomic E-state index is 0.0975. The van der Waals surface area contributed by atoms with Gasteiger partial charge >= 0.3 is 13.7 Å². The third-order valence-corrected chi connectivity index (χ3v) is 8.23. The van der Waals surface area contributed by atoms with E-state index in [-0.39, 0.29) is 17.3 Å². The lowest BCUT2D eigenvalue weighted by molar-refractivity contribution is -0.149. The Labute approximate surface area is 240 Å². The lowest BCUT2D eigenvalue weighted by Gasteiger charge is -2.31. The van der Waals surface area contributed by atoms with Crippen LogP contribution < -0.4 is 20.7 Å². The molecule has 1 aliphatic heterocycles. The van der Waals surface area contributed by atoms with E-state index < -0.39 is 62.5 Å². The molecule has 0 unspecified atom stereocenters. The Hall–Kier alpha value is -3.07. The van der Waals surface area contributed by atoms with Crippen LogP contribution in [-0.4, -0.2) is 80.2 Å². The number of hydrogen-bond donors (Lipinski definition) is 4. The molecule has 5 N–H and O–H groups in total. The first-order valence-electron chi connectivity index (χ1n) is 12.6. The van der Waals surface area contributed by atoms with Gasteiger partial charge in [-0.1, -0.05) is 18.2 Å². The van der Waals surface area contributed by atoms with Crippen LogP contribution in [0.3, 0.4) is 0 Å². The number of alkyl halides is 2. The summed E-state index contributed by atoms with van der Waals surface area (Å²) in [6.45, 7) is 4.05. The maximum Gasteiger partial charge on any atom is 0.459 e. The first-order valence-corrected chi connectivity index (χ1v) is 14.7. The number of aliphatic hydroxyl groups is 1. The van der Waals surface area contributed by atoms with Crippen molar-refractivity contribution < 1.29 is 37.4 Å². The van der Waals surface area contributed by atoms with Crippen molar-refractivity contribution in [3.05, 3.63) is 36.7 Å². The number of nitrogens with zero attached hydrogens (tertiary/aromatic N) is 4. The van der Waals surface area contributed by atoms with E-state index in [2.05, 4.69) is 25.4 Å². The highest BCUT2D eigenvalue weighted by molar-refractivity contribution is 7.52. The van der Waals surface area contributed by atoms with Gasteiger partial charge in [0.2, 0.25) is 5.95 Å². The molecule has 3 heterocycles. The molecule has 1 aliphatic rings. The summed E-state index contributed by atoms with van der Waals surface area (Å²) >= 11 is 6.21. The average molecular weight is 616 g/mol. The number of aliphatic hydroxyl groups excluding tert-OH is 1. The van der Waals surface area contributed by atoms with Gasteiger partial charge in [0.1, 0.15) is 23.5 Å². The number of aromatic nitrogens is 4. The lowest BCUT2D eigenvalue weighted by atomic mass is 9.99. The number of carbonyl (C=O) groups excluding carboxylic acids is 1. The largest absolute Gasteiger partial charge is 0.462 e. The fraction of sp³-hybridized carbons (Fsp3) is 0.500. The molecule has 6 atom stereocenters. The van der Waals surface area contributed by atoms with Crippen molar-refractivity contribution >= 4 is 48.2 Å². The van der Waals surface area contributed by atoms with Crippen molar-refractivity contribution in [3.63, 3.8) is 0 Å². The normalized spacial score (nSPS) is 24.7. The van der Waals surface area contributed by atoms with Crippen LogP contribution in [0, 0.1) is 0 Å². The second-order valence-corrected chi connectivity index (χ2v) is 11.6. The topological polar surface area (TPSA) is 185 Å². The van der Waals surface area contributed by atoms with Crippen molar-refractivity contribution in [1.82, 2.24) is 24.6 Å². The molecule has 17 heteroatoms. The van der Waals surface area contributed by atoms with Crippen LogP contribution in [0.15, 0.2) is 36.7 Å². The van der Waals surface area contributed by atoms with Gasteiger partial charge in [0, 0.05) is 7.05 Å². The van der Waals surface area contributed by atoms with E-state index in [4.69, 9.17) is 35.9 Å². The number of ether oxygens (including phenoxy) is 2. The van der Waals surface area contributed by atoms with Gasteiger partial charge in [-0.3, -0.25) is 13.9 Å². The van der Waals surface area contributed by atoms with Crippen molar-refractivity contribution in [1.29, 1.82) is 0 Å². The van der Waals surface area contributed by atoms with Crippen LogP contribution in [0.4, 0.5) is 16.2 Å². The number of anilines is 2. The van der Waals surface area contributed by atoms with Gasteiger partial charge in [0.25, 0.3) is 0 Å². The molecule has 0 bridgehead atoms. The standard InChI is InChI=1S/C24H32ClFN7O7P/c1-13(2)38-22(35)14(3)32-41(36,40-15-8-6-5-7-9-15)37-11-24(10-25)18(34)16(26)21(39-24)33-12-29-17-19(28-4)30-23(27)31-20(17)33/h5-9,12-14,16,18,21,34H,10-11H2,1-4H3,(H,32,36)(H3,27,28,30,31)/t14-,16+,18-,21+,24+,41+/m0/s1. The number of fused-ring (bicyclic) bond motifs is 1. The summed E-state index contributed by atoms with van der Waals surface area (Å²) in [5.74, 6) is -0.804. The second kappa shape index (κ2) is 12.4. The number of nitrogens with one attached hydrogen (secondary N) is 2. The van der Waals surface area contributed by atoms with E-state index in [1.165, 1.54) is 30.0 Å². The average Bonchev–Trinajstić information content (AvgIpc) is 3.46. The zero-order valence-corrected chi connectivity index (χ0v) is 24.4. The predicted molar refractivity (Wildman–Crippen MR) is 148 cm³/mol. The van der Waals surface area contributed by atoms with Crippen molar-refractivity contribution in [2.75, 3.05) is 30.6 Å². The van der Waals surface area contributed by atoms with E-state index in [0.29, 0.717) is 11.3 Å². The van der Waals surface area contributed by atoms with Crippen molar-refractivity contribution in [2.24, 2.45) is 0 Å². The number of halogens is 2. The van der Waals surface area contributed by atoms with E-state index >= 15 is 4.39 Å². The fourth-order valence-electron chi connectivity index (χ4n) is 4.12. The zero-order chi connectivity index (χ0) is 29.9. The quantitative estimate of drug-likeness (QED) is 0.133. The Morgan fingerprint density at radius 3 is 2.66 bits per heavy atom. The maximum absolute atomic E-state index is 15.6. The lowest BCUT2D eigenvalue weighted by Crippen LogP contribution is -2.48. The summed E-state index contributed by atoms with van der Waals surface area (Å²) in [5.41, 5.74) is 4.34. The smallest absolute Gasteiger partial charge is 0.459 e. The molecule has 1 aromatic carbocycles. The van der Waals surface area contributed by atoms with Crippen LogP contribution >= 0.6 is 19.3 Å². The molecule has 0 radical (unpaired) electrons. The second-order valence-electron chi connectivity index (χ2n) is 9.61. The molecule has 1 saturated heterocycles. The number of rotatable bonds is 12. The van der Waals surface area contributed by atoms with Gasteiger partial charge in [-0.15, -0.1) is 11.6 Å². The number of benzene rings is 1. The Balaban J connectivity index is 1.61. The molecule has 3 aromatic rings. The van der Waals surface area contributed by atoms with E-state index in [1.54, 1.807) is 39.1 Å². The highest BCUT2D eigenvalue weighted by Crippen LogP contribution is 2.49. The monoisotopic (exact) mass is 615 g/mol. The summed E-state index contributed by atoms with van der Waals surface area (Å²) in [6, 6.07) is 6.93. The molecule has 2 aromatic heterocycles. The highest BCUT2D eigenvalue weighted by Gasteiger charge is 2.57. The van der Waals surface area contributed by atoms with Crippen molar-refractivity contribution in [2.45, 2.75) is 57.0 Å². The fourth-order valence-corrected chi connectivity index (χ4v) is 5.97. The number of para-hydroxylation sites is 1. The van der Waals surface area contributed by atoms with E-state index in [1.807, 2.05) is 0 Å². The minimum Gasteiger partial charge on any atom is -0.462 e. The van der Waals surface area contributed by atoms with Crippen LogP contribution in [0.5, 0.6) is 5.75 Å². The summed E-state index contributed by atoms with van der Waals surface area (Å²) in [5, 5.41) is 16.3. The molecule has 0 aliphatic carbocycles. The summed E-state index contributed by atoms with van der Waals surface area (Å²) in [6.07, 6.45) is -4.49. The number of imidazole rings is 1. The molecule has 41 heavy (non-hydrogen) atoms. The number of nitrogens with two attached hydrogens (primary N) is 1. The van der Waals surface area contributed by atoms with Crippen LogP contribution in [0.25, 0.3) is 11.2 Å². The van der Waals surface area contributed by atoms with Gasteiger partial charge in [0.15, 0.2) is 29.4 Å². The van der Waals surface area contributed by atoms with Gasteiger partial charge in [-0.25, -0.2) is 13.9 Å². The van der Waals surface area contributed by atoms with Crippen LogP contribution in [0.1, 0.15) is 27.0 Å². The Morgan fingerprint density at radius 1 is 1.32 bits per heavy atom. The van der Waals surface area contributed by atoms with Crippen LogP contribution in [-0.2, 0) is 23.4 Å². The molecule has 0 spiro atoms. The highest BCUT2D eigenvalue weighted by atomic mass is 35.5. The van der Waals surface area contributed by atoms with E-state index in [0.717, 1.165) is 0 Å². The molecule has 0 saturated carbocycles. The predicted octanol–water partition coefficient (Wildman–Crippen LogP) is 2.79. The first kappa shape index (κ1) is 30.9. The molecular weight excluding hydrogens is 584 g/mol. The van der Waals surface area contributed by atoms with Gasteiger partial charge < -0.3 is 30.2 Å². The van der Waals surface area contributed by atoms with E-state index in [9.17, 15) is 14.5 Å².